The highest BCUT2D eigenvalue weighted by molar-refractivity contribution is 5.06. The zero-order chi connectivity index (χ0) is 13.7. The highest BCUT2D eigenvalue weighted by Crippen LogP contribution is 2.22. The molecule has 1 saturated heterocycles. The Balaban J connectivity index is 1.92. The van der Waals surface area contributed by atoms with Crippen LogP contribution in [0.3, 0.4) is 0 Å². The molecule has 0 aliphatic carbocycles. The highest BCUT2D eigenvalue weighted by Gasteiger charge is 2.18. The Hall–Kier alpha value is -0.870. The number of aromatic nitrogens is 2. The maximum absolute atomic E-state index is 4.34. The average molecular weight is 264 g/mol. The van der Waals surface area contributed by atoms with E-state index >= 15 is 0 Å². The van der Waals surface area contributed by atoms with E-state index in [1.54, 1.807) is 0 Å². The Morgan fingerprint density at radius 1 is 1.53 bits per heavy atom. The van der Waals surface area contributed by atoms with Crippen LogP contribution >= 0.6 is 0 Å². The number of nitrogens with one attached hydrogen (secondary N) is 1. The van der Waals surface area contributed by atoms with E-state index in [4.69, 9.17) is 0 Å². The Bertz CT molecular complexity index is 368. The van der Waals surface area contributed by atoms with Gasteiger partial charge in [0.05, 0.1) is 12.0 Å². The van der Waals surface area contributed by atoms with E-state index in [1.807, 2.05) is 12.5 Å². The van der Waals surface area contributed by atoms with Crippen molar-refractivity contribution in [3.05, 3.63) is 18.2 Å². The first-order valence-corrected chi connectivity index (χ1v) is 7.66. The molecular formula is C15H28N4. The van der Waals surface area contributed by atoms with Gasteiger partial charge in [0.15, 0.2) is 0 Å². The summed E-state index contributed by atoms with van der Waals surface area (Å²) >= 11 is 0. The van der Waals surface area contributed by atoms with Crippen molar-refractivity contribution in [1.82, 2.24) is 19.8 Å². The van der Waals surface area contributed by atoms with Crippen molar-refractivity contribution < 1.29 is 0 Å². The molecule has 1 aliphatic heterocycles. The largest absolute Gasteiger partial charge is 0.332 e. The van der Waals surface area contributed by atoms with Crippen molar-refractivity contribution in [1.29, 1.82) is 0 Å². The summed E-state index contributed by atoms with van der Waals surface area (Å²) in [5.41, 5.74) is 1.36. The molecule has 0 spiro atoms. The molecule has 0 aromatic carbocycles. The first-order valence-electron chi connectivity index (χ1n) is 7.66. The molecule has 19 heavy (non-hydrogen) atoms. The summed E-state index contributed by atoms with van der Waals surface area (Å²) in [6, 6.07) is 1.16. The van der Waals surface area contributed by atoms with Gasteiger partial charge in [-0.25, -0.2) is 4.98 Å². The summed E-state index contributed by atoms with van der Waals surface area (Å²) < 4.78 is 2.32. The number of imidazole rings is 1. The summed E-state index contributed by atoms with van der Waals surface area (Å²) in [7, 11) is 2.21. The summed E-state index contributed by atoms with van der Waals surface area (Å²) in [4.78, 5) is 6.77. The van der Waals surface area contributed by atoms with E-state index in [0.717, 1.165) is 19.6 Å². The third kappa shape index (κ3) is 3.80. The van der Waals surface area contributed by atoms with E-state index in [1.165, 1.54) is 31.4 Å². The van der Waals surface area contributed by atoms with Crippen LogP contribution in [0.1, 0.15) is 51.3 Å². The lowest BCUT2D eigenvalue weighted by Gasteiger charge is -2.27. The normalized spacial score (nSPS) is 21.8. The van der Waals surface area contributed by atoms with Crippen LogP contribution in [0.25, 0.3) is 0 Å². The van der Waals surface area contributed by atoms with Gasteiger partial charge in [0.2, 0.25) is 0 Å². The van der Waals surface area contributed by atoms with Gasteiger partial charge in [-0.15, -0.1) is 0 Å². The minimum absolute atomic E-state index is 0.505. The average Bonchev–Trinajstić information content (AvgIpc) is 2.93. The van der Waals surface area contributed by atoms with E-state index in [0.29, 0.717) is 12.1 Å². The van der Waals surface area contributed by atoms with Gasteiger partial charge in [0.25, 0.3) is 0 Å². The molecule has 2 rings (SSSR count). The van der Waals surface area contributed by atoms with Crippen molar-refractivity contribution >= 4 is 0 Å². The summed E-state index contributed by atoms with van der Waals surface area (Å²) in [6.07, 6.45) is 9.10. The van der Waals surface area contributed by atoms with Gasteiger partial charge < -0.3 is 14.8 Å². The fourth-order valence-corrected chi connectivity index (χ4v) is 2.71. The predicted octanol–water partition coefficient (Wildman–Crippen LogP) is 2.43. The smallest absolute Gasteiger partial charge is 0.0949 e. The van der Waals surface area contributed by atoms with Crippen LogP contribution < -0.4 is 5.32 Å². The molecule has 108 valence electrons. The second-order valence-electron chi connectivity index (χ2n) is 5.75. The van der Waals surface area contributed by atoms with E-state index in [2.05, 4.69) is 40.7 Å². The fraction of sp³-hybridized carbons (Fsp3) is 0.800. The van der Waals surface area contributed by atoms with Gasteiger partial charge in [0, 0.05) is 31.4 Å². The summed E-state index contributed by atoms with van der Waals surface area (Å²) in [5.74, 6) is 0. The monoisotopic (exact) mass is 264 g/mol. The minimum Gasteiger partial charge on any atom is -0.332 e. The second-order valence-corrected chi connectivity index (χ2v) is 5.75. The molecule has 2 atom stereocenters. The second kappa shape index (κ2) is 7.06. The van der Waals surface area contributed by atoms with Gasteiger partial charge in [-0.1, -0.05) is 13.3 Å². The Labute approximate surface area is 117 Å². The van der Waals surface area contributed by atoms with Crippen LogP contribution in [0.2, 0.25) is 0 Å². The van der Waals surface area contributed by atoms with Crippen LogP contribution in [0, 0.1) is 0 Å². The SMILES string of the molecule is CCC(C)N(C)CCn1cncc1C1CCCCN1. The van der Waals surface area contributed by atoms with E-state index < -0.39 is 0 Å². The molecule has 1 aromatic rings. The van der Waals surface area contributed by atoms with Crippen LogP contribution in [0.5, 0.6) is 0 Å². The molecule has 4 nitrogen and oxygen atoms in total. The van der Waals surface area contributed by atoms with Gasteiger partial charge in [-0.2, -0.15) is 0 Å². The molecule has 0 saturated carbocycles. The molecule has 2 unspecified atom stereocenters. The lowest BCUT2D eigenvalue weighted by molar-refractivity contribution is 0.240. The van der Waals surface area contributed by atoms with Gasteiger partial charge >= 0.3 is 0 Å². The van der Waals surface area contributed by atoms with Crippen molar-refractivity contribution in [2.75, 3.05) is 20.1 Å². The maximum atomic E-state index is 4.34. The van der Waals surface area contributed by atoms with Crippen LogP contribution in [-0.4, -0.2) is 40.6 Å². The lowest BCUT2D eigenvalue weighted by Crippen LogP contribution is -2.33. The zero-order valence-corrected chi connectivity index (χ0v) is 12.6. The van der Waals surface area contributed by atoms with Crippen LogP contribution in [0.4, 0.5) is 0 Å². The maximum Gasteiger partial charge on any atom is 0.0949 e. The van der Waals surface area contributed by atoms with Gasteiger partial charge in [-0.3, -0.25) is 0 Å². The van der Waals surface area contributed by atoms with Crippen molar-refractivity contribution in [2.24, 2.45) is 0 Å². The number of rotatable bonds is 6. The molecule has 2 heterocycles. The number of hydrogen-bond donors (Lipinski definition) is 1. The first kappa shape index (κ1) is 14.5. The zero-order valence-electron chi connectivity index (χ0n) is 12.6. The van der Waals surface area contributed by atoms with Crippen molar-refractivity contribution in [2.45, 2.75) is 58.2 Å². The fourth-order valence-electron chi connectivity index (χ4n) is 2.71. The minimum atomic E-state index is 0.505. The Morgan fingerprint density at radius 2 is 2.37 bits per heavy atom. The number of nitrogens with zero attached hydrogens (tertiary/aromatic N) is 3. The van der Waals surface area contributed by atoms with E-state index in [-0.39, 0.29) is 0 Å². The number of piperidine rings is 1. The predicted molar refractivity (Wildman–Crippen MR) is 79.2 cm³/mol. The van der Waals surface area contributed by atoms with Gasteiger partial charge in [-0.05, 0) is 39.8 Å². The molecule has 4 heteroatoms. The number of likely N-dealkylation sites (N-methyl/N-ethyl adjacent to an activating group) is 1. The first-order chi connectivity index (χ1) is 9.22. The topological polar surface area (TPSA) is 33.1 Å². The molecular weight excluding hydrogens is 236 g/mol. The number of hydrogen-bond acceptors (Lipinski definition) is 3. The summed E-state index contributed by atoms with van der Waals surface area (Å²) in [5, 5.41) is 3.61. The molecule has 1 aromatic heterocycles. The third-order valence-electron chi connectivity index (χ3n) is 4.45. The Morgan fingerprint density at radius 3 is 3.05 bits per heavy atom. The van der Waals surface area contributed by atoms with Crippen molar-refractivity contribution in [3.8, 4) is 0 Å². The molecule has 1 N–H and O–H groups in total. The third-order valence-corrected chi connectivity index (χ3v) is 4.45. The van der Waals surface area contributed by atoms with Crippen molar-refractivity contribution in [3.63, 3.8) is 0 Å². The summed E-state index contributed by atoms with van der Waals surface area (Å²) in [6.45, 7) is 7.80. The molecule has 0 bridgehead atoms. The lowest BCUT2D eigenvalue weighted by atomic mass is 10.0. The van der Waals surface area contributed by atoms with Crippen LogP contribution in [0.15, 0.2) is 12.5 Å². The molecule has 1 fully saturated rings. The Kier molecular flexibility index (Phi) is 5.40. The van der Waals surface area contributed by atoms with Gasteiger partial charge in [0.1, 0.15) is 0 Å². The standard InChI is InChI=1S/C15H28N4/c1-4-13(2)18(3)9-10-19-12-16-11-15(19)14-7-5-6-8-17-14/h11-14,17H,4-10H2,1-3H3. The van der Waals surface area contributed by atoms with E-state index in [9.17, 15) is 0 Å². The quantitative estimate of drug-likeness (QED) is 0.856. The molecule has 0 radical (unpaired) electrons. The highest BCUT2D eigenvalue weighted by atomic mass is 15.2. The van der Waals surface area contributed by atoms with Crippen LogP contribution in [-0.2, 0) is 6.54 Å². The molecule has 0 amide bonds. The molecule has 1 aliphatic rings.